The molecule has 0 radical (unpaired) electrons. The number of hydrogen-bond acceptors (Lipinski definition) is 2. The summed E-state index contributed by atoms with van der Waals surface area (Å²) in [6, 6.07) is 3.78. The van der Waals surface area contributed by atoms with Crippen molar-refractivity contribution in [2.75, 3.05) is 0 Å². The number of halogens is 2. The topological polar surface area (TPSA) is 40.5 Å². The van der Waals surface area contributed by atoms with E-state index in [9.17, 15) is 14.6 Å². The van der Waals surface area contributed by atoms with Crippen LogP contribution in [-0.4, -0.2) is 21.1 Å². The molecular formula is C10H12BrFO2. The van der Waals surface area contributed by atoms with Crippen LogP contribution in [0.25, 0.3) is 0 Å². The minimum Gasteiger partial charge on any atom is -0.508 e. The lowest BCUT2D eigenvalue weighted by Crippen LogP contribution is -2.18. The number of benzene rings is 1. The van der Waals surface area contributed by atoms with E-state index in [2.05, 4.69) is 15.9 Å². The second kappa shape index (κ2) is 4.75. The summed E-state index contributed by atoms with van der Waals surface area (Å²) in [5.41, 5.74) is 0.493. The van der Waals surface area contributed by atoms with Crippen molar-refractivity contribution in [1.82, 2.24) is 0 Å². The lowest BCUT2D eigenvalue weighted by Gasteiger charge is -2.13. The molecule has 0 fully saturated rings. The molecule has 1 aromatic carbocycles. The van der Waals surface area contributed by atoms with Gasteiger partial charge in [-0.3, -0.25) is 0 Å². The molecule has 0 amide bonds. The molecule has 4 heteroatoms. The first-order valence-corrected chi connectivity index (χ1v) is 5.22. The molecule has 0 aliphatic heterocycles. The van der Waals surface area contributed by atoms with Crippen molar-refractivity contribution in [1.29, 1.82) is 0 Å². The lowest BCUT2D eigenvalue weighted by atomic mass is 10.1. The molecule has 2 N–H and O–H groups in total. The van der Waals surface area contributed by atoms with Crippen molar-refractivity contribution >= 4 is 15.9 Å². The van der Waals surface area contributed by atoms with Gasteiger partial charge in [0.25, 0.3) is 0 Å². The Hall–Kier alpha value is -0.610. The summed E-state index contributed by atoms with van der Waals surface area (Å²) in [5, 5.41) is 18.6. The molecule has 0 aromatic heterocycles. The van der Waals surface area contributed by atoms with Crippen molar-refractivity contribution in [3.63, 3.8) is 0 Å². The second-order valence-electron chi connectivity index (χ2n) is 3.23. The van der Waals surface area contributed by atoms with Gasteiger partial charge < -0.3 is 10.2 Å². The Bertz CT molecular complexity index is 315. The summed E-state index contributed by atoms with van der Waals surface area (Å²) in [7, 11) is 0. The zero-order valence-corrected chi connectivity index (χ0v) is 9.33. The Morgan fingerprint density at radius 1 is 1.50 bits per heavy atom. The molecule has 1 unspecified atom stereocenters. The van der Waals surface area contributed by atoms with E-state index in [4.69, 9.17) is 0 Å². The zero-order chi connectivity index (χ0) is 10.7. The highest BCUT2D eigenvalue weighted by Gasteiger charge is 2.14. The molecule has 0 aliphatic carbocycles. The maximum Gasteiger partial charge on any atom is 0.123 e. The number of rotatable bonds is 3. The molecule has 1 rings (SSSR count). The fraction of sp³-hybridized carbons (Fsp3) is 0.400. The van der Waals surface area contributed by atoms with E-state index >= 15 is 0 Å². The average Bonchev–Trinajstić information content (AvgIpc) is 2.11. The molecule has 0 saturated carbocycles. The number of hydrogen-bond donors (Lipinski definition) is 2. The fourth-order valence-corrected chi connectivity index (χ4v) is 1.45. The molecule has 0 heterocycles. The van der Waals surface area contributed by atoms with Crippen LogP contribution in [-0.2, 0) is 6.42 Å². The molecule has 0 spiro atoms. The van der Waals surface area contributed by atoms with Crippen LogP contribution >= 0.6 is 15.9 Å². The van der Waals surface area contributed by atoms with Gasteiger partial charge in [0.15, 0.2) is 0 Å². The minimum atomic E-state index is -0.544. The van der Waals surface area contributed by atoms with Crippen LogP contribution < -0.4 is 0 Å². The summed E-state index contributed by atoms with van der Waals surface area (Å²) in [6.07, 6.45) is -0.154. The van der Waals surface area contributed by atoms with Gasteiger partial charge in [-0.25, -0.2) is 4.39 Å². The Morgan fingerprint density at radius 2 is 2.14 bits per heavy atom. The van der Waals surface area contributed by atoms with Crippen LogP contribution in [0.4, 0.5) is 4.39 Å². The van der Waals surface area contributed by atoms with E-state index in [0.717, 1.165) is 0 Å². The average molecular weight is 263 g/mol. The highest BCUT2D eigenvalue weighted by molar-refractivity contribution is 9.09. The van der Waals surface area contributed by atoms with E-state index in [1.807, 2.05) is 0 Å². The molecule has 78 valence electrons. The van der Waals surface area contributed by atoms with Gasteiger partial charge in [0.05, 0.1) is 6.10 Å². The van der Waals surface area contributed by atoms with Crippen molar-refractivity contribution < 1.29 is 14.6 Å². The predicted octanol–water partition coefficient (Wildman–Crippen LogP) is 2.22. The number of aromatic hydroxyl groups is 1. The molecule has 0 aliphatic rings. The number of phenolic OH excluding ortho intramolecular Hbond substituents is 1. The number of phenols is 1. The van der Waals surface area contributed by atoms with Gasteiger partial charge in [0, 0.05) is 4.83 Å². The zero-order valence-electron chi connectivity index (χ0n) is 7.74. The van der Waals surface area contributed by atoms with E-state index < -0.39 is 6.10 Å². The number of alkyl halides is 1. The SMILES string of the molecule is CC(O)[C@@H](Br)Cc1cc(F)ccc1O. The van der Waals surface area contributed by atoms with Gasteiger partial charge in [-0.1, -0.05) is 15.9 Å². The molecule has 2 nitrogen and oxygen atoms in total. The summed E-state index contributed by atoms with van der Waals surface area (Å²) in [6.45, 7) is 1.63. The molecule has 0 bridgehead atoms. The highest BCUT2D eigenvalue weighted by atomic mass is 79.9. The third-order valence-corrected chi connectivity index (χ3v) is 3.07. The van der Waals surface area contributed by atoms with Gasteiger partial charge in [0.2, 0.25) is 0 Å². The first kappa shape index (κ1) is 11.5. The largest absolute Gasteiger partial charge is 0.508 e. The Balaban J connectivity index is 2.80. The third kappa shape index (κ3) is 2.96. The van der Waals surface area contributed by atoms with Gasteiger partial charge in [-0.05, 0) is 37.1 Å². The summed E-state index contributed by atoms with van der Waals surface area (Å²) >= 11 is 3.25. The summed E-state index contributed by atoms with van der Waals surface area (Å²) in [4.78, 5) is -0.185. The Kier molecular flexibility index (Phi) is 3.89. The minimum absolute atomic E-state index is 0.0523. The van der Waals surface area contributed by atoms with Gasteiger partial charge in [-0.15, -0.1) is 0 Å². The van der Waals surface area contributed by atoms with Gasteiger partial charge in [-0.2, -0.15) is 0 Å². The molecule has 14 heavy (non-hydrogen) atoms. The van der Waals surface area contributed by atoms with Crippen molar-refractivity contribution in [2.24, 2.45) is 0 Å². The second-order valence-corrected chi connectivity index (χ2v) is 4.41. The van der Waals surface area contributed by atoms with Crippen LogP contribution in [0.3, 0.4) is 0 Å². The summed E-state index contributed by atoms with van der Waals surface area (Å²) in [5.74, 6) is -0.334. The van der Waals surface area contributed by atoms with Crippen LogP contribution in [0.15, 0.2) is 18.2 Å². The van der Waals surface area contributed by atoms with Gasteiger partial charge >= 0.3 is 0 Å². The monoisotopic (exact) mass is 262 g/mol. The van der Waals surface area contributed by atoms with Crippen molar-refractivity contribution in [2.45, 2.75) is 24.3 Å². The predicted molar refractivity (Wildman–Crippen MR) is 56.2 cm³/mol. The van der Waals surface area contributed by atoms with E-state index in [1.54, 1.807) is 6.92 Å². The molecule has 2 atom stereocenters. The maximum atomic E-state index is 12.8. The van der Waals surface area contributed by atoms with Crippen LogP contribution in [0.5, 0.6) is 5.75 Å². The normalized spacial score (nSPS) is 15.1. The van der Waals surface area contributed by atoms with E-state index in [-0.39, 0.29) is 16.4 Å². The van der Waals surface area contributed by atoms with Crippen molar-refractivity contribution in [3.05, 3.63) is 29.6 Å². The van der Waals surface area contributed by atoms with Crippen LogP contribution in [0, 0.1) is 5.82 Å². The standard InChI is InChI=1S/C10H12BrFO2/c1-6(13)9(11)5-7-4-8(12)2-3-10(7)14/h2-4,6,9,13-14H,5H2,1H3/t6?,9-/m0/s1. The number of aliphatic hydroxyl groups is 1. The summed E-state index contributed by atoms with van der Waals surface area (Å²) < 4.78 is 12.8. The van der Waals surface area contributed by atoms with Gasteiger partial charge in [0.1, 0.15) is 11.6 Å². The smallest absolute Gasteiger partial charge is 0.123 e. The third-order valence-electron chi connectivity index (χ3n) is 1.98. The fourth-order valence-electron chi connectivity index (χ4n) is 1.10. The highest BCUT2D eigenvalue weighted by Crippen LogP contribution is 2.22. The molecular weight excluding hydrogens is 251 g/mol. The van der Waals surface area contributed by atoms with Crippen LogP contribution in [0.1, 0.15) is 12.5 Å². The van der Waals surface area contributed by atoms with Crippen LogP contribution in [0.2, 0.25) is 0 Å². The van der Waals surface area contributed by atoms with E-state index in [1.165, 1.54) is 18.2 Å². The first-order chi connectivity index (χ1) is 6.50. The van der Waals surface area contributed by atoms with Crippen molar-refractivity contribution in [3.8, 4) is 5.75 Å². The first-order valence-electron chi connectivity index (χ1n) is 4.30. The molecule has 0 saturated heterocycles. The van der Waals surface area contributed by atoms with E-state index in [0.29, 0.717) is 12.0 Å². The maximum absolute atomic E-state index is 12.8. The quantitative estimate of drug-likeness (QED) is 0.821. The Labute approximate surface area is 90.5 Å². The number of aliphatic hydroxyl groups excluding tert-OH is 1. The Morgan fingerprint density at radius 3 is 2.71 bits per heavy atom. The lowest BCUT2D eigenvalue weighted by molar-refractivity contribution is 0.192. The molecule has 1 aromatic rings.